The molecule has 0 saturated heterocycles. The smallest absolute Gasteiger partial charge is 0.153 e. The van der Waals surface area contributed by atoms with Gasteiger partial charge in [-0.1, -0.05) is 78.9 Å². The van der Waals surface area contributed by atoms with Gasteiger partial charge in [-0.25, -0.2) is 0 Å². The van der Waals surface area contributed by atoms with E-state index in [0.717, 1.165) is 39.1 Å². The number of aryl methyl sites for hydroxylation is 1. The number of hydrogen-bond donors (Lipinski definition) is 0. The Balaban J connectivity index is 1.60. The van der Waals surface area contributed by atoms with Crippen LogP contribution < -0.4 is 0 Å². The highest BCUT2D eigenvalue weighted by molar-refractivity contribution is 5.90. The average Bonchev–Trinajstić information content (AvgIpc) is 3.11. The molecule has 0 unspecified atom stereocenters. The summed E-state index contributed by atoms with van der Waals surface area (Å²) >= 11 is 0. The molecule has 3 aromatic carbocycles. The number of fused-ring (bicyclic) bond motifs is 1. The highest BCUT2D eigenvalue weighted by Gasteiger charge is 2.14. The Morgan fingerprint density at radius 3 is 2.04 bits per heavy atom. The SMILES string of the molecule is Cc1c(-c2ccccc2)oc2cnc(-c3cccc(-c4ccccc4)c3)cc12. The Hall–Kier alpha value is -3.65. The third-order valence-electron chi connectivity index (χ3n) is 5.13. The minimum Gasteiger partial charge on any atom is -0.454 e. The summed E-state index contributed by atoms with van der Waals surface area (Å²) < 4.78 is 6.11. The predicted octanol–water partition coefficient (Wildman–Crippen LogP) is 7.14. The molecule has 0 bridgehead atoms. The van der Waals surface area contributed by atoms with Gasteiger partial charge < -0.3 is 4.42 Å². The van der Waals surface area contributed by atoms with E-state index in [0.29, 0.717) is 0 Å². The first-order valence-electron chi connectivity index (χ1n) is 9.40. The average molecular weight is 361 g/mol. The van der Waals surface area contributed by atoms with Gasteiger partial charge in [0.15, 0.2) is 5.58 Å². The number of nitrogens with zero attached hydrogens (tertiary/aromatic N) is 1. The van der Waals surface area contributed by atoms with E-state index in [1.165, 1.54) is 11.1 Å². The van der Waals surface area contributed by atoms with Gasteiger partial charge in [-0.15, -0.1) is 0 Å². The lowest BCUT2D eigenvalue weighted by molar-refractivity contribution is 0.627. The number of pyridine rings is 1. The van der Waals surface area contributed by atoms with Gasteiger partial charge in [-0.2, -0.15) is 0 Å². The maximum absolute atomic E-state index is 6.11. The molecule has 0 aliphatic rings. The Morgan fingerprint density at radius 1 is 0.643 bits per heavy atom. The Kier molecular flexibility index (Phi) is 4.02. The molecular weight excluding hydrogens is 342 g/mol. The number of aromatic nitrogens is 1. The summed E-state index contributed by atoms with van der Waals surface area (Å²) in [6.45, 7) is 2.11. The lowest BCUT2D eigenvalue weighted by atomic mass is 10.0. The van der Waals surface area contributed by atoms with Crippen molar-refractivity contribution in [2.24, 2.45) is 0 Å². The molecule has 134 valence electrons. The topological polar surface area (TPSA) is 26.0 Å². The fourth-order valence-corrected chi connectivity index (χ4v) is 3.64. The molecule has 0 aliphatic carbocycles. The van der Waals surface area contributed by atoms with Crippen molar-refractivity contribution >= 4 is 11.0 Å². The molecule has 2 heterocycles. The summed E-state index contributed by atoms with van der Waals surface area (Å²) in [6.07, 6.45) is 1.83. The van der Waals surface area contributed by atoms with Crippen LogP contribution in [0.25, 0.3) is 44.7 Å². The first-order valence-corrected chi connectivity index (χ1v) is 9.40. The summed E-state index contributed by atoms with van der Waals surface area (Å²) in [7, 11) is 0. The molecule has 5 rings (SSSR count). The van der Waals surface area contributed by atoms with Crippen molar-refractivity contribution in [1.82, 2.24) is 4.98 Å². The maximum atomic E-state index is 6.11. The Morgan fingerprint density at radius 2 is 1.29 bits per heavy atom. The molecule has 0 amide bonds. The second kappa shape index (κ2) is 6.82. The molecule has 0 saturated carbocycles. The van der Waals surface area contributed by atoms with E-state index in [1.807, 2.05) is 30.5 Å². The summed E-state index contributed by atoms with van der Waals surface area (Å²) in [5, 5.41) is 1.11. The van der Waals surface area contributed by atoms with Crippen molar-refractivity contribution in [2.75, 3.05) is 0 Å². The van der Waals surface area contributed by atoms with E-state index in [2.05, 4.69) is 78.6 Å². The van der Waals surface area contributed by atoms with Gasteiger partial charge in [-0.3, -0.25) is 4.98 Å². The highest BCUT2D eigenvalue weighted by Crippen LogP contribution is 2.35. The van der Waals surface area contributed by atoms with E-state index >= 15 is 0 Å². The standard InChI is InChI=1S/C26H19NO/c1-18-23-16-24(22-14-8-13-21(15-22)19-9-4-2-5-10-19)27-17-25(23)28-26(18)20-11-6-3-7-12-20/h2-17H,1H3. The van der Waals surface area contributed by atoms with Crippen molar-refractivity contribution in [2.45, 2.75) is 6.92 Å². The lowest BCUT2D eigenvalue weighted by Crippen LogP contribution is -1.85. The van der Waals surface area contributed by atoms with Gasteiger partial charge in [0.25, 0.3) is 0 Å². The van der Waals surface area contributed by atoms with E-state index in [9.17, 15) is 0 Å². The van der Waals surface area contributed by atoms with Crippen LogP contribution in [0, 0.1) is 6.92 Å². The van der Waals surface area contributed by atoms with Gasteiger partial charge in [-0.05, 0) is 30.2 Å². The number of rotatable bonds is 3. The summed E-state index contributed by atoms with van der Waals surface area (Å²) in [5.41, 5.74) is 7.50. The molecular formula is C26H19NO. The molecule has 0 aliphatic heterocycles. The monoisotopic (exact) mass is 361 g/mol. The predicted molar refractivity (Wildman–Crippen MR) is 115 cm³/mol. The normalized spacial score (nSPS) is 11.0. The molecule has 0 fully saturated rings. The summed E-state index contributed by atoms with van der Waals surface area (Å²) in [5.74, 6) is 0.910. The number of benzene rings is 3. The van der Waals surface area contributed by atoms with Crippen molar-refractivity contribution in [3.63, 3.8) is 0 Å². The zero-order chi connectivity index (χ0) is 18.9. The quantitative estimate of drug-likeness (QED) is 0.341. The van der Waals surface area contributed by atoms with E-state index in [-0.39, 0.29) is 0 Å². The minimum absolute atomic E-state index is 0.819. The van der Waals surface area contributed by atoms with Crippen molar-refractivity contribution in [1.29, 1.82) is 0 Å². The molecule has 0 atom stereocenters. The van der Waals surface area contributed by atoms with Crippen LogP contribution in [0.5, 0.6) is 0 Å². The van der Waals surface area contributed by atoms with Crippen LogP contribution in [-0.4, -0.2) is 4.98 Å². The number of furan rings is 1. The van der Waals surface area contributed by atoms with Crippen LogP contribution in [0.2, 0.25) is 0 Å². The fraction of sp³-hybridized carbons (Fsp3) is 0.0385. The van der Waals surface area contributed by atoms with Crippen molar-refractivity contribution < 1.29 is 4.42 Å². The molecule has 2 aromatic heterocycles. The third-order valence-corrected chi connectivity index (χ3v) is 5.13. The number of hydrogen-bond acceptors (Lipinski definition) is 2. The molecule has 0 spiro atoms. The molecule has 2 heteroatoms. The molecule has 5 aromatic rings. The lowest BCUT2D eigenvalue weighted by Gasteiger charge is -2.05. The van der Waals surface area contributed by atoms with Crippen LogP contribution in [0.1, 0.15) is 5.56 Å². The van der Waals surface area contributed by atoms with Crippen molar-refractivity contribution in [3.05, 3.63) is 103 Å². The Bertz CT molecular complexity index is 1250. The zero-order valence-electron chi connectivity index (χ0n) is 15.6. The Labute approximate surface area is 164 Å². The zero-order valence-corrected chi connectivity index (χ0v) is 15.6. The minimum atomic E-state index is 0.819. The first kappa shape index (κ1) is 16.5. The van der Waals surface area contributed by atoms with Crippen LogP contribution in [0.15, 0.2) is 102 Å². The molecule has 0 N–H and O–H groups in total. The summed E-state index contributed by atoms with van der Waals surface area (Å²) in [4.78, 5) is 4.67. The fourth-order valence-electron chi connectivity index (χ4n) is 3.64. The molecule has 2 nitrogen and oxygen atoms in total. The van der Waals surface area contributed by atoms with Gasteiger partial charge in [0.2, 0.25) is 0 Å². The van der Waals surface area contributed by atoms with Crippen molar-refractivity contribution in [3.8, 4) is 33.7 Å². The van der Waals surface area contributed by atoms with E-state index < -0.39 is 0 Å². The van der Waals surface area contributed by atoms with Gasteiger partial charge in [0, 0.05) is 22.1 Å². The van der Waals surface area contributed by atoms with Gasteiger partial charge in [0.05, 0.1) is 11.9 Å². The van der Waals surface area contributed by atoms with E-state index in [4.69, 9.17) is 4.42 Å². The molecule has 0 radical (unpaired) electrons. The van der Waals surface area contributed by atoms with E-state index in [1.54, 1.807) is 0 Å². The third kappa shape index (κ3) is 2.89. The van der Waals surface area contributed by atoms with Gasteiger partial charge in [0.1, 0.15) is 5.76 Å². The van der Waals surface area contributed by atoms with Crippen LogP contribution in [-0.2, 0) is 0 Å². The second-order valence-corrected chi connectivity index (χ2v) is 6.93. The van der Waals surface area contributed by atoms with Gasteiger partial charge >= 0.3 is 0 Å². The summed E-state index contributed by atoms with van der Waals surface area (Å²) in [6, 6.07) is 31.3. The maximum Gasteiger partial charge on any atom is 0.153 e. The van der Waals surface area contributed by atoms with Crippen LogP contribution in [0.4, 0.5) is 0 Å². The molecule has 28 heavy (non-hydrogen) atoms. The second-order valence-electron chi connectivity index (χ2n) is 6.93. The van der Waals surface area contributed by atoms with Crippen LogP contribution >= 0.6 is 0 Å². The first-order chi connectivity index (χ1) is 13.8. The highest BCUT2D eigenvalue weighted by atomic mass is 16.3. The largest absolute Gasteiger partial charge is 0.454 e. The van der Waals surface area contributed by atoms with Crippen LogP contribution in [0.3, 0.4) is 0 Å².